The molecule has 0 aromatic carbocycles. The van der Waals surface area contributed by atoms with Crippen molar-refractivity contribution in [2.24, 2.45) is 11.8 Å². The molecule has 4 nitrogen and oxygen atoms in total. The first-order chi connectivity index (χ1) is 8.70. The lowest BCUT2D eigenvalue weighted by Crippen LogP contribution is -2.46. The first kappa shape index (κ1) is 13.8. The third kappa shape index (κ3) is 3.95. The number of hydrogen-bond donors (Lipinski definition) is 1. The van der Waals surface area contributed by atoms with E-state index in [9.17, 15) is 4.79 Å². The van der Waals surface area contributed by atoms with Gasteiger partial charge in [-0.05, 0) is 31.6 Å². The van der Waals surface area contributed by atoms with Gasteiger partial charge >= 0.3 is 0 Å². The Morgan fingerprint density at radius 1 is 1.33 bits per heavy atom. The second-order valence-corrected chi connectivity index (χ2v) is 5.84. The van der Waals surface area contributed by atoms with E-state index in [-0.39, 0.29) is 0 Å². The van der Waals surface area contributed by atoms with Crippen molar-refractivity contribution in [3.63, 3.8) is 0 Å². The van der Waals surface area contributed by atoms with Gasteiger partial charge in [-0.3, -0.25) is 4.79 Å². The number of methoxy groups -OCH3 is 1. The van der Waals surface area contributed by atoms with E-state index < -0.39 is 0 Å². The first-order valence-corrected chi connectivity index (χ1v) is 7.21. The number of amides is 1. The summed E-state index contributed by atoms with van der Waals surface area (Å²) in [6.45, 7) is 5.89. The Labute approximate surface area is 110 Å². The van der Waals surface area contributed by atoms with E-state index in [2.05, 4.69) is 17.1 Å². The highest BCUT2D eigenvalue weighted by Gasteiger charge is 2.34. The Morgan fingerprint density at radius 2 is 2.00 bits per heavy atom. The summed E-state index contributed by atoms with van der Waals surface area (Å²) < 4.78 is 5.13. The largest absolute Gasteiger partial charge is 0.384 e. The molecule has 0 aromatic heterocycles. The molecule has 2 rings (SSSR count). The molecule has 104 valence electrons. The zero-order chi connectivity index (χ0) is 13.0. The molecule has 1 atom stereocenters. The number of ether oxygens (including phenoxy) is 1. The van der Waals surface area contributed by atoms with Crippen molar-refractivity contribution in [1.82, 2.24) is 10.2 Å². The molecule has 0 aromatic rings. The predicted molar refractivity (Wildman–Crippen MR) is 71.4 cm³/mol. The van der Waals surface area contributed by atoms with Crippen LogP contribution in [0.15, 0.2) is 0 Å². The molecule has 1 aliphatic heterocycles. The molecule has 1 heterocycles. The summed E-state index contributed by atoms with van der Waals surface area (Å²) >= 11 is 0. The first-order valence-electron chi connectivity index (χ1n) is 7.21. The fraction of sp³-hybridized carbons (Fsp3) is 0.929. The topological polar surface area (TPSA) is 41.6 Å². The van der Waals surface area contributed by atoms with Crippen LogP contribution in [0.2, 0.25) is 0 Å². The van der Waals surface area contributed by atoms with E-state index in [4.69, 9.17) is 4.74 Å². The van der Waals surface area contributed by atoms with Gasteiger partial charge in [0.05, 0.1) is 0 Å². The molecule has 0 spiro atoms. The summed E-state index contributed by atoms with van der Waals surface area (Å²) in [6.07, 6.45) is 4.42. The lowest BCUT2D eigenvalue weighted by atomic mass is 10.0. The van der Waals surface area contributed by atoms with Gasteiger partial charge in [0.15, 0.2) is 0 Å². The highest BCUT2D eigenvalue weighted by atomic mass is 16.5. The smallest absolute Gasteiger partial charge is 0.225 e. The van der Waals surface area contributed by atoms with Crippen molar-refractivity contribution in [2.75, 3.05) is 33.4 Å². The monoisotopic (exact) mass is 254 g/mol. The molecule has 0 bridgehead atoms. The van der Waals surface area contributed by atoms with Gasteiger partial charge in [-0.1, -0.05) is 6.92 Å². The van der Waals surface area contributed by atoms with Crippen LogP contribution in [-0.4, -0.2) is 50.2 Å². The van der Waals surface area contributed by atoms with Crippen LogP contribution in [0.3, 0.4) is 0 Å². The van der Waals surface area contributed by atoms with Gasteiger partial charge in [0.25, 0.3) is 0 Å². The van der Waals surface area contributed by atoms with E-state index in [1.807, 2.05) is 0 Å². The Kier molecular flexibility index (Phi) is 5.01. The second-order valence-electron chi connectivity index (χ2n) is 5.84. The Hall–Kier alpha value is -0.610. The summed E-state index contributed by atoms with van der Waals surface area (Å²) in [6, 6.07) is 0.576. The Bertz CT molecular complexity index is 271. The second kappa shape index (κ2) is 6.53. The summed E-state index contributed by atoms with van der Waals surface area (Å²) in [7, 11) is 1.75. The minimum atomic E-state index is 0.372. The maximum atomic E-state index is 11.9. The van der Waals surface area contributed by atoms with Crippen molar-refractivity contribution in [3.05, 3.63) is 0 Å². The minimum Gasteiger partial charge on any atom is -0.384 e. The zero-order valence-electron chi connectivity index (χ0n) is 11.7. The van der Waals surface area contributed by atoms with Crippen molar-refractivity contribution < 1.29 is 9.53 Å². The maximum absolute atomic E-state index is 11.9. The molecular formula is C14H26N2O2. The van der Waals surface area contributed by atoms with Crippen LogP contribution < -0.4 is 5.32 Å². The molecular weight excluding hydrogens is 228 g/mol. The highest BCUT2D eigenvalue weighted by molar-refractivity contribution is 5.81. The van der Waals surface area contributed by atoms with Crippen LogP contribution in [0.5, 0.6) is 0 Å². The van der Waals surface area contributed by atoms with E-state index >= 15 is 0 Å². The van der Waals surface area contributed by atoms with Gasteiger partial charge in [-0.2, -0.15) is 0 Å². The van der Waals surface area contributed by atoms with Gasteiger partial charge in [-0.15, -0.1) is 0 Å². The number of likely N-dealkylation sites (tertiary alicyclic amines) is 1. The molecule has 4 heteroatoms. The molecule has 1 N–H and O–H groups in total. The molecule has 1 saturated heterocycles. The van der Waals surface area contributed by atoms with Gasteiger partial charge in [-0.25, -0.2) is 0 Å². The number of nitrogens with one attached hydrogen (secondary N) is 1. The lowest BCUT2D eigenvalue weighted by Gasteiger charge is -2.33. The van der Waals surface area contributed by atoms with E-state index in [1.54, 1.807) is 7.11 Å². The number of carbonyl (C=O) groups excluding carboxylic acids is 1. The molecule has 1 amide bonds. The average molecular weight is 254 g/mol. The SMILES string of the molecule is COCC(C)CNC1CCN(C(=O)C2CC2)CC1. The van der Waals surface area contributed by atoms with Crippen LogP contribution in [0.4, 0.5) is 0 Å². The van der Waals surface area contributed by atoms with E-state index in [1.165, 1.54) is 0 Å². The predicted octanol–water partition coefficient (Wildman–Crippen LogP) is 1.26. The van der Waals surface area contributed by atoms with Gasteiger partial charge in [0.2, 0.25) is 5.91 Å². The standard InChI is InChI=1S/C14H26N2O2/c1-11(10-18-2)9-15-13-5-7-16(8-6-13)14(17)12-3-4-12/h11-13,15H,3-10H2,1-2H3. The maximum Gasteiger partial charge on any atom is 0.225 e. The van der Waals surface area contributed by atoms with E-state index in [0.29, 0.717) is 23.8 Å². The molecule has 1 aliphatic carbocycles. The summed E-state index contributed by atoms with van der Waals surface area (Å²) in [5.74, 6) is 1.33. The zero-order valence-corrected chi connectivity index (χ0v) is 11.7. The number of nitrogens with zero attached hydrogens (tertiary/aromatic N) is 1. The number of rotatable bonds is 6. The quantitative estimate of drug-likeness (QED) is 0.776. The molecule has 18 heavy (non-hydrogen) atoms. The molecule has 1 saturated carbocycles. The number of hydrogen-bond acceptors (Lipinski definition) is 3. The van der Waals surface area contributed by atoms with Crippen molar-refractivity contribution in [1.29, 1.82) is 0 Å². The number of piperidine rings is 1. The third-order valence-electron chi connectivity index (χ3n) is 3.94. The highest BCUT2D eigenvalue weighted by Crippen LogP contribution is 2.31. The molecule has 2 fully saturated rings. The van der Waals surface area contributed by atoms with Crippen LogP contribution in [0.1, 0.15) is 32.6 Å². The van der Waals surface area contributed by atoms with Crippen molar-refractivity contribution in [2.45, 2.75) is 38.6 Å². The molecule has 0 radical (unpaired) electrons. The van der Waals surface area contributed by atoms with Gasteiger partial charge < -0.3 is 15.0 Å². The number of carbonyl (C=O) groups is 1. The Morgan fingerprint density at radius 3 is 2.56 bits per heavy atom. The van der Waals surface area contributed by atoms with Crippen LogP contribution in [0.25, 0.3) is 0 Å². The normalized spacial score (nSPS) is 23.1. The minimum absolute atomic E-state index is 0.372. The fourth-order valence-corrected chi connectivity index (χ4v) is 2.60. The van der Waals surface area contributed by atoms with Crippen LogP contribution >= 0.6 is 0 Å². The van der Waals surface area contributed by atoms with Crippen molar-refractivity contribution in [3.8, 4) is 0 Å². The van der Waals surface area contributed by atoms with Gasteiger partial charge in [0, 0.05) is 45.3 Å². The molecule has 1 unspecified atom stereocenters. The Balaban J connectivity index is 1.62. The van der Waals surface area contributed by atoms with Crippen molar-refractivity contribution >= 4 is 5.91 Å². The lowest BCUT2D eigenvalue weighted by molar-refractivity contribution is -0.133. The summed E-state index contributed by atoms with van der Waals surface area (Å²) in [5, 5.41) is 3.59. The van der Waals surface area contributed by atoms with Crippen LogP contribution in [0, 0.1) is 11.8 Å². The van der Waals surface area contributed by atoms with E-state index in [0.717, 1.165) is 51.9 Å². The fourth-order valence-electron chi connectivity index (χ4n) is 2.60. The third-order valence-corrected chi connectivity index (χ3v) is 3.94. The molecule has 2 aliphatic rings. The summed E-state index contributed by atoms with van der Waals surface area (Å²) in [5.41, 5.74) is 0. The van der Waals surface area contributed by atoms with Crippen LogP contribution in [-0.2, 0) is 9.53 Å². The van der Waals surface area contributed by atoms with Gasteiger partial charge in [0.1, 0.15) is 0 Å². The average Bonchev–Trinajstić information content (AvgIpc) is 3.21. The summed E-state index contributed by atoms with van der Waals surface area (Å²) in [4.78, 5) is 14.0.